The van der Waals surface area contributed by atoms with Crippen LogP contribution in [0.15, 0.2) is 0 Å². The molecule has 2 rings (SSSR count). The average molecular weight is 268 g/mol. The van der Waals surface area contributed by atoms with Crippen molar-refractivity contribution in [2.45, 2.75) is 51.6 Å². The van der Waals surface area contributed by atoms with E-state index in [4.69, 9.17) is 5.11 Å². The number of nitrogens with zero attached hydrogens (tertiary/aromatic N) is 1. The molecule has 0 aromatic rings. The molecule has 2 fully saturated rings. The summed E-state index contributed by atoms with van der Waals surface area (Å²) in [5.74, 6) is -0.790. The van der Waals surface area contributed by atoms with Crippen molar-refractivity contribution in [3.8, 4) is 0 Å². The van der Waals surface area contributed by atoms with Crippen molar-refractivity contribution in [3.63, 3.8) is 0 Å². The molecule has 2 atom stereocenters. The van der Waals surface area contributed by atoms with Crippen LogP contribution in [0, 0.1) is 11.8 Å². The molecule has 0 radical (unpaired) electrons. The summed E-state index contributed by atoms with van der Waals surface area (Å²) in [6.07, 6.45) is 4.61. The van der Waals surface area contributed by atoms with Gasteiger partial charge in [0, 0.05) is 19.1 Å². The molecular weight excluding hydrogens is 244 g/mol. The summed E-state index contributed by atoms with van der Waals surface area (Å²) in [6.45, 7) is 5.08. The van der Waals surface area contributed by atoms with Crippen LogP contribution in [-0.4, -0.2) is 47.1 Å². The minimum atomic E-state index is -0.743. The van der Waals surface area contributed by atoms with Crippen molar-refractivity contribution >= 4 is 11.9 Å². The number of amides is 1. The van der Waals surface area contributed by atoms with Gasteiger partial charge in [-0.3, -0.25) is 14.5 Å². The first-order chi connectivity index (χ1) is 8.99. The van der Waals surface area contributed by atoms with Crippen LogP contribution in [0.1, 0.15) is 39.5 Å². The van der Waals surface area contributed by atoms with Gasteiger partial charge in [0.1, 0.15) is 0 Å². The topological polar surface area (TPSA) is 69.6 Å². The van der Waals surface area contributed by atoms with Crippen LogP contribution in [0.3, 0.4) is 0 Å². The van der Waals surface area contributed by atoms with Gasteiger partial charge < -0.3 is 10.4 Å². The van der Waals surface area contributed by atoms with Crippen LogP contribution in [0.25, 0.3) is 0 Å². The Kier molecular flexibility index (Phi) is 4.45. The summed E-state index contributed by atoms with van der Waals surface area (Å²) < 4.78 is 0. The minimum Gasteiger partial charge on any atom is -0.481 e. The summed E-state index contributed by atoms with van der Waals surface area (Å²) in [5, 5.41) is 12.0. The van der Waals surface area contributed by atoms with Gasteiger partial charge in [0.05, 0.1) is 12.0 Å². The molecule has 0 aromatic heterocycles. The van der Waals surface area contributed by atoms with Crippen LogP contribution in [0.2, 0.25) is 0 Å². The van der Waals surface area contributed by atoms with Crippen LogP contribution < -0.4 is 5.32 Å². The Morgan fingerprint density at radius 3 is 2.32 bits per heavy atom. The van der Waals surface area contributed by atoms with Gasteiger partial charge in [-0.05, 0) is 25.7 Å². The molecular formula is C14H24N2O3. The van der Waals surface area contributed by atoms with Gasteiger partial charge in [-0.2, -0.15) is 0 Å². The van der Waals surface area contributed by atoms with Crippen molar-refractivity contribution in [3.05, 3.63) is 0 Å². The van der Waals surface area contributed by atoms with E-state index in [0.29, 0.717) is 19.1 Å². The molecule has 1 amide bonds. The molecule has 1 saturated carbocycles. The summed E-state index contributed by atoms with van der Waals surface area (Å²) in [4.78, 5) is 25.0. The van der Waals surface area contributed by atoms with E-state index in [-0.39, 0.29) is 23.8 Å². The standard InChI is InChI=1S/C14H24N2O3/c1-9(14(18)19)11-7-16(8-11)10(2)13(17)15-12-5-3-4-6-12/h9-12H,3-8H2,1-2H3,(H,15,17)(H,18,19). The second-order valence-electron chi connectivity index (χ2n) is 6.01. The van der Waals surface area contributed by atoms with Crippen LogP contribution in [-0.2, 0) is 9.59 Å². The third-order valence-corrected chi connectivity index (χ3v) is 4.66. The number of carbonyl (C=O) groups excluding carboxylic acids is 1. The van der Waals surface area contributed by atoms with Crippen LogP contribution >= 0.6 is 0 Å². The first kappa shape index (κ1) is 14.3. The van der Waals surface area contributed by atoms with E-state index in [9.17, 15) is 9.59 Å². The maximum absolute atomic E-state index is 12.1. The normalized spacial score (nSPS) is 24.7. The number of likely N-dealkylation sites (tertiary alicyclic amines) is 1. The van der Waals surface area contributed by atoms with E-state index in [2.05, 4.69) is 10.2 Å². The predicted molar refractivity (Wildman–Crippen MR) is 71.7 cm³/mol. The Balaban J connectivity index is 1.74. The summed E-state index contributed by atoms with van der Waals surface area (Å²) in [7, 11) is 0. The fraction of sp³-hybridized carbons (Fsp3) is 0.857. The van der Waals surface area contributed by atoms with Gasteiger partial charge in [-0.1, -0.05) is 19.8 Å². The smallest absolute Gasteiger partial charge is 0.306 e. The summed E-state index contributed by atoms with van der Waals surface area (Å²) in [6, 6.07) is 0.211. The predicted octanol–water partition coefficient (Wildman–Crippen LogP) is 1.09. The molecule has 0 aromatic carbocycles. The highest BCUT2D eigenvalue weighted by molar-refractivity contribution is 5.81. The second kappa shape index (κ2) is 5.90. The molecule has 0 spiro atoms. The lowest BCUT2D eigenvalue weighted by atomic mass is 9.86. The Bertz CT molecular complexity index is 347. The van der Waals surface area contributed by atoms with Gasteiger partial charge in [-0.15, -0.1) is 0 Å². The highest BCUT2D eigenvalue weighted by Gasteiger charge is 2.38. The van der Waals surface area contributed by atoms with E-state index in [1.807, 2.05) is 6.92 Å². The van der Waals surface area contributed by atoms with Crippen molar-refractivity contribution in [1.29, 1.82) is 0 Å². The van der Waals surface area contributed by atoms with Gasteiger partial charge in [0.2, 0.25) is 5.91 Å². The van der Waals surface area contributed by atoms with Gasteiger partial charge in [0.25, 0.3) is 0 Å². The van der Waals surface area contributed by atoms with Crippen molar-refractivity contribution in [1.82, 2.24) is 10.2 Å². The third-order valence-electron chi connectivity index (χ3n) is 4.66. The number of rotatable bonds is 5. The molecule has 2 N–H and O–H groups in total. The Hall–Kier alpha value is -1.10. The summed E-state index contributed by atoms with van der Waals surface area (Å²) >= 11 is 0. The molecule has 1 saturated heterocycles. The zero-order valence-electron chi connectivity index (χ0n) is 11.8. The highest BCUT2D eigenvalue weighted by atomic mass is 16.4. The second-order valence-corrected chi connectivity index (χ2v) is 6.01. The molecule has 108 valence electrons. The largest absolute Gasteiger partial charge is 0.481 e. The molecule has 2 unspecified atom stereocenters. The fourth-order valence-corrected chi connectivity index (χ4v) is 2.94. The first-order valence-corrected chi connectivity index (χ1v) is 7.26. The zero-order valence-corrected chi connectivity index (χ0v) is 11.8. The Labute approximate surface area is 114 Å². The maximum atomic E-state index is 12.1. The molecule has 1 aliphatic carbocycles. The number of carboxylic acids is 1. The molecule has 19 heavy (non-hydrogen) atoms. The monoisotopic (exact) mass is 268 g/mol. The number of carboxylic acid groups (broad SMARTS) is 1. The number of nitrogens with one attached hydrogen (secondary N) is 1. The van der Waals surface area contributed by atoms with E-state index < -0.39 is 5.97 Å². The minimum absolute atomic E-state index is 0.0910. The lowest BCUT2D eigenvalue weighted by Crippen LogP contribution is -2.58. The van der Waals surface area contributed by atoms with Gasteiger partial charge >= 0.3 is 5.97 Å². The number of hydrogen-bond donors (Lipinski definition) is 2. The molecule has 1 aliphatic heterocycles. The Morgan fingerprint density at radius 2 is 1.79 bits per heavy atom. The molecule has 1 heterocycles. The van der Waals surface area contributed by atoms with Crippen molar-refractivity contribution in [2.24, 2.45) is 11.8 Å². The van der Waals surface area contributed by atoms with Crippen molar-refractivity contribution in [2.75, 3.05) is 13.1 Å². The lowest BCUT2D eigenvalue weighted by Gasteiger charge is -2.44. The van der Waals surface area contributed by atoms with Gasteiger partial charge in [0.15, 0.2) is 0 Å². The number of carbonyl (C=O) groups is 2. The number of hydrogen-bond acceptors (Lipinski definition) is 3. The first-order valence-electron chi connectivity index (χ1n) is 7.26. The molecule has 2 aliphatic rings. The quantitative estimate of drug-likeness (QED) is 0.783. The third kappa shape index (κ3) is 3.26. The maximum Gasteiger partial charge on any atom is 0.306 e. The lowest BCUT2D eigenvalue weighted by molar-refractivity contribution is -0.146. The van der Waals surface area contributed by atoms with E-state index in [1.165, 1.54) is 12.8 Å². The number of aliphatic carboxylic acids is 1. The van der Waals surface area contributed by atoms with E-state index in [1.54, 1.807) is 6.92 Å². The zero-order chi connectivity index (χ0) is 14.0. The van der Waals surface area contributed by atoms with Crippen LogP contribution in [0.4, 0.5) is 0 Å². The average Bonchev–Trinajstić information content (AvgIpc) is 2.79. The summed E-state index contributed by atoms with van der Waals surface area (Å²) in [5.41, 5.74) is 0. The molecule has 0 bridgehead atoms. The van der Waals surface area contributed by atoms with E-state index in [0.717, 1.165) is 12.8 Å². The Morgan fingerprint density at radius 1 is 1.21 bits per heavy atom. The fourth-order valence-electron chi connectivity index (χ4n) is 2.94. The highest BCUT2D eigenvalue weighted by Crippen LogP contribution is 2.26. The molecule has 5 heteroatoms. The van der Waals surface area contributed by atoms with Crippen LogP contribution in [0.5, 0.6) is 0 Å². The molecule has 5 nitrogen and oxygen atoms in total. The SMILES string of the molecule is CC(C(=O)O)C1CN(C(C)C(=O)NC2CCCC2)C1. The van der Waals surface area contributed by atoms with Gasteiger partial charge in [-0.25, -0.2) is 0 Å². The van der Waals surface area contributed by atoms with E-state index >= 15 is 0 Å². The van der Waals surface area contributed by atoms with Crippen molar-refractivity contribution < 1.29 is 14.7 Å².